The van der Waals surface area contributed by atoms with Crippen LogP contribution in [0.1, 0.15) is 202 Å². The Morgan fingerprint density at radius 1 is 0.405 bits per heavy atom. The molecule has 0 heterocycles. The molecule has 0 atom stereocenters. The van der Waals surface area contributed by atoms with Gasteiger partial charge < -0.3 is 4.55 Å². The van der Waals surface area contributed by atoms with Crippen LogP contribution in [-0.2, 0) is 14.6 Å². The van der Waals surface area contributed by atoms with Crippen LogP contribution in [-0.4, -0.2) is 44.2 Å². The monoisotopic (exact) mass is 637 g/mol. The van der Waals surface area contributed by atoms with Gasteiger partial charge in [-0.1, -0.05) is 144 Å². The van der Waals surface area contributed by atoms with Crippen LogP contribution in [0.4, 0.5) is 0 Å². The lowest BCUT2D eigenvalue weighted by atomic mass is 10.1. The molecule has 0 unspecified atom stereocenters. The molecule has 0 radical (unpaired) electrons. The number of unbranched alkanes of at least 4 members (excludes halogenated alkanes) is 21. The molecule has 6 heteroatoms. The van der Waals surface area contributed by atoms with E-state index in [1.165, 1.54) is 128 Å². The zero-order valence-electron chi connectivity index (χ0n) is 29.4. The van der Waals surface area contributed by atoms with Crippen LogP contribution in [0.15, 0.2) is 0 Å². The third-order valence-electron chi connectivity index (χ3n) is 8.67. The van der Waals surface area contributed by atoms with Crippen LogP contribution in [0.3, 0.4) is 0 Å². The Kier molecular flexibility index (Phi) is 36.2. The fraction of sp³-hybridized carbons (Fsp3) is 1.00. The zero-order chi connectivity index (χ0) is 31.6. The first kappa shape index (κ1) is 44.4. The van der Waals surface area contributed by atoms with E-state index >= 15 is 0 Å². The van der Waals surface area contributed by atoms with Crippen LogP contribution < -0.4 is 0 Å². The van der Waals surface area contributed by atoms with Crippen molar-refractivity contribution >= 4 is 17.7 Å². The average Bonchev–Trinajstić information content (AvgIpc) is 2.96. The van der Waals surface area contributed by atoms with Crippen molar-refractivity contribution in [3.05, 3.63) is 0 Å². The number of hydrogen-bond donors (Lipinski definition) is 0. The summed E-state index contributed by atoms with van der Waals surface area (Å²) in [5.74, 6) is 0. The maximum Gasteiger partial charge on any atom is 0.217 e. The van der Waals surface area contributed by atoms with E-state index in [-0.39, 0.29) is 6.61 Å². The highest BCUT2D eigenvalue weighted by molar-refractivity contribution is 7.80. The molecule has 0 rings (SSSR count). The molecule has 0 spiro atoms. The fourth-order valence-corrected chi connectivity index (χ4v) is 11.1. The summed E-state index contributed by atoms with van der Waals surface area (Å²) >= 11 is 0. The van der Waals surface area contributed by atoms with E-state index in [2.05, 4.69) is 31.9 Å². The molecule has 0 aliphatic heterocycles. The quantitative estimate of drug-likeness (QED) is 0.0319. The average molecular weight is 637 g/mol. The van der Waals surface area contributed by atoms with E-state index in [0.717, 1.165) is 6.42 Å². The van der Waals surface area contributed by atoms with Gasteiger partial charge in [0.25, 0.3) is 0 Å². The minimum Gasteiger partial charge on any atom is -0.726 e. The highest BCUT2D eigenvalue weighted by Gasteiger charge is 2.34. The second-order valence-electron chi connectivity index (χ2n) is 12.9. The van der Waals surface area contributed by atoms with E-state index in [1.807, 2.05) is 6.92 Å². The first-order valence-electron chi connectivity index (χ1n) is 18.8. The molecule has 0 amide bonds. The van der Waals surface area contributed by atoms with Gasteiger partial charge in [0.1, 0.15) is 0 Å². The third kappa shape index (κ3) is 34.8. The van der Waals surface area contributed by atoms with Crippen LogP contribution in [0.25, 0.3) is 0 Å². The minimum absolute atomic E-state index is 0.00231. The molecule has 0 aliphatic rings. The van der Waals surface area contributed by atoms with Crippen molar-refractivity contribution in [1.82, 2.24) is 0 Å². The maximum absolute atomic E-state index is 9.73. The molecule has 4 nitrogen and oxygen atoms in total. The maximum atomic E-state index is 9.73. The Labute approximate surface area is 267 Å². The molecule has 0 saturated heterocycles. The molecule has 0 bridgehead atoms. The van der Waals surface area contributed by atoms with Gasteiger partial charge in [-0.25, -0.2) is 8.42 Å². The van der Waals surface area contributed by atoms with E-state index in [0.29, 0.717) is 6.42 Å². The number of rotatable bonds is 32. The molecule has 0 aliphatic carbocycles. The minimum atomic E-state index is -4.45. The lowest BCUT2D eigenvalue weighted by molar-refractivity contribution is 0.257. The predicted octanol–water partition coefficient (Wildman–Crippen LogP) is 12.7. The van der Waals surface area contributed by atoms with Crippen LogP contribution in [0.5, 0.6) is 0 Å². The van der Waals surface area contributed by atoms with Gasteiger partial charge in [0.15, 0.2) is 0 Å². The van der Waals surface area contributed by atoms with Crippen LogP contribution in [0.2, 0.25) is 0 Å². The predicted molar refractivity (Wildman–Crippen MR) is 190 cm³/mol. The topological polar surface area (TPSA) is 66.4 Å². The highest BCUT2D eigenvalue weighted by Crippen LogP contribution is 2.61. The van der Waals surface area contributed by atoms with Gasteiger partial charge in [-0.15, -0.1) is 0 Å². The summed E-state index contributed by atoms with van der Waals surface area (Å²) in [5, 5.41) is 0. The van der Waals surface area contributed by atoms with Gasteiger partial charge in [0.2, 0.25) is 10.4 Å². The first-order valence-corrected chi connectivity index (χ1v) is 22.6. The first-order chi connectivity index (χ1) is 20.3. The molecular formula is C36H77O4PS. The van der Waals surface area contributed by atoms with E-state index < -0.39 is 17.7 Å². The summed E-state index contributed by atoms with van der Waals surface area (Å²) in [5.41, 5.74) is 0. The largest absolute Gasteiger partial charge is 0.726 e. The van der Waals surface area contributed by atoms with Crippen molar-refractivity contribution in [2.24, 2.45) is 0 Å². The third-order valence-corrected chi connectivity index (χ3v) is 14.2. The molecule has 0 aromatic carbocycles. The number of hydrogen-bond acceptors (Lipinski definition) is 4. The molecule has 0 fully saturated rings. The summed E-state index contributed by atoms with van der Waals surface area (Å²) in [6, 6.07) is 0. The zero-order valence-corrected chi connectivity index (χ0v) is 31.1. The van der Waals surface area contributed by atoms with Crippen molar-refractivity contribution in [2.75, 3.05) is 31.3 Å². The summed E-state index contributed by atoms with van der Waals surface area (Å²) in [4.78, 5) is 0. The standard InChI is InChI=1S/C32H68P.C4H10O4S/c1-5-9-13-17-18-19-20-21-22-23-24-28-32-33(29-25-14-10-6-2,30-26-15-11-7-3)31-27-16-12-8-4;1-2-3-4-8-9(5,6)7/h5-32H2,1-4H3;2-4H2,1H3,(H,5,6,7)/q+1;/p-1. The second-order valence-corrected chi connectivity index (χ2v) is 18.4. The normalized spacial score (nSPS) is 12.0. The van der Waals surface area contributed by atoms with Crippen molar-refractivity contribution in [3.8, 4) is 0 Å². The summed E-state index contributed by atoms with van der Waals surface area (Å²) in [7, 11) is -5.14. The molecular weight excluding hydrogens is 559 g/mol. The van der Waals surface area contributed by atoms with Crippen molar-refractivity contribution in [2.45, 2.75) is 202 Å². The lowest BCUT2D eigenvalue weighted by Gasteiger charge is -2.28. The molecule has 0 aromatic heterocycles. The highest BCUT2D eigenvalue weighted by atomic mass is 32.3. The molecule has 0 N–H and O–H groups in total. The smallest absolute Gasteiger partial charge is 0.217 e. The van der Waals surface area contributed by atoms with Gasteiger partial charge >= 0.3 is 0 Å². The SMILES string of the molecule is CCCCCCCCCCCCCC[P+](CCCCCC)(CCCCCC)CCCCCC.CCCCOS(=O)(=O)[O-]. The summed E-state index contributed by atoms with van der Waals surface area (Å²) < 4.78 is 33.1. The van der Waals surface area contributed by atoms with E-state index in [9.17, 15) is 13.0 Å². The Hall–Kier alpha value is 0.300. The van der Waals surface area contributed by atoms with E-state index in [1.54, 1.807) is 50.3 Å². The van der Waals surface area contributed by atoms with E-state index in [4.69, 9.17) is 0 Å². The van der Waals surface area contributed by atoms with Gasteiger partial charge in [-0.2, -0.15) is 0 Å². The van der Waals surface area contributed by atoms with Crippen LogP contribution >= 0.6 is 7.26 Å². The molecule has 42 heavy (non-hydrogen) atoms. The van der Waals surface area contributed by atoms with Gasteiger partial charge in [-0.05, 0) is 57.8 Å². The fourth-order valence-electron chi connectivity index (χ4n) is 5.89. The van der Waals surface area contributed by atoms with Crippen LogP contribution in [0, 0.1) is 0 Å². The summed E-state index contributed by atoms with van der Waals surface area (Å²) in [6.07, 6.45) is 43.5. The molecule has 0 saturated carbocycles. The Balaban J connectivity index is 0. The van der Waals surface area contributed by atoms with Gasteiger partial charge in [-0.3, -0.25) is 4.18 Å². The summed E-state index contributed by atoms with van der Waals surface area (Å²) in [6.45, 7) is 11.3. The van der Waals surface area contributed by atoms with Gasteiger partial charge in [0, 0.05) is 7.26 Å². The molecule has 256 valence electrons. The van der Waals surface area contributed by atoms with Crippen molar-refractivity contribution in [1.29, 1.82) is 0 Å². The Bertz CT molecular complexity index is 580. The van der Waals surface area contributed by atoms with Crippen molar-refractivity contribution < 1.29 is 17.2 Å². The van der Waals surface area contributed by atoms with Gasteiger partial charge in [0.05, 0.1) is 31.3 Å². The molecule has 0 aromatic rings. The van der Waals surface area contributed by atoms with Crippen molar-refractivity contribution in [3.63, 3.8) is 0 Å². The second kappa shape index (κ2) is 34.2. The Morgan fingerprint density at radius 2 is 0.643 bits per heavy atom. The Morgan fingerprint density at radius 3 is 0.905 bits per heavy atom. The lowest BCUT2D eigenvalue weighted by Crippen LogP contribution is -2.13.